The van der Waals surface area contributed by atoms with Gasteiger partial charge >= 0.3 is 5.91 Å². The molecular formula is C28H21FN2O5S. The number of aromatic nitrogens is 1. The minimum absolute atomic E-state index is 0.0126. The molecule has 7 nitrogen and oxygen atoms in total. The van der Waals surface area contributed by atoms with Gasteiger partial charge in [0.25, 0.3) is 5.78 Å². The normalized spacial score (nSPS) is 20.4. The number of hydrogen-bond donors (Lipinski definition) is 1. The number of aliphatic hydroxyl groups excluding tert-OH is 1. The van der Waals surface area contributed by atoms with E-state index in [-0.39, 0.29) is 22.6 Å². The number of Topliss-reactive ketones (excluding diaryl/α,β-unsaturated/α-hetero) is 1. The lowest BCUT2D eigenvalue weighted by Crippen LogP contribution is -2.29. The average Bonchev–Trinajstić information content (AvgIpc) is 3.55. The Labute approximate surface area is 215 Å². The number of carbonyl (C=O) groups excluding carboxylic acids is 2. The number of amides is 1. The first kappa shape index (κ1) is 23.2. The van der Waals surface area contributed by atoms with Crippen molar-refractivity contribution in [1.82, 2.24) is 4.98 Å². The van der Waals surface area contributed by atoms with Gasteiger partial charge < -0.3 is 14.6 Å². The number of hydrogen-bond acceptors (Lipinski definition) is 7. The Kier molecular flexibility index (Phi) is 5.45. The number of thiazole rings is 1. The van der Waals surface area contributed by atoms with E-state index in [1.807, 2.05) is 6.92 Å². The highest BCUT2D eigenvalue weighted by molar-refractivity contribution is 7.22. The molecular weight excluding hydrogens is 495 g/mol. The third-order valence-corrected chi connectivity index (χ3v) is 7.59. The van der Waals surface area contributed by atoms with Crippen molar-refractivity contribution >= 4 is 44.1 Å². The zero-order valence-electron chi connectivity index (χ0n) is 19.9. The molecule has 9 heteroatoms. The maximum atomic E-state index is 13.8. The minimum Gasteiger partial charge on any atom is -0.507 e. The molecule has 2 aliphatic heterocycles. The number of halogens is 1. The summed E-state index contributed by atoms with van der Waals surface area (Å²) >= 11 is 1.10. The summed E-state index contributed by atoms with van der Waals surface area (Å²) < 4.78 is 25.5. The fourth-order valence-electron chi connectivity index (χ4n) is 4.87. The minimum atomic E-state index is -0.969. The van der Waals surface area contributed by atoms with E-state index >= 15 is 0 Å². The molecule has 37 heavy (non-hydrogen) atoms. The van der Waals surface area contributed by atoms with Gasteiger partial charge in [0.2, 0.25) is 0 Å². The Hall–Kier alpha value is -4.24. The first-order valence-corrected chi connectivity index (χ1v) is 12.5. The van der Waals surface area contributed by atoms with Gasteiger partial charge in [0, 0.05) is 12.0 Å². The largest absolute Gasteiger partial charge is 0.507 e. The summed E-state index contributed by atoms with van der Waals surface area (Å²) in [4.78, 5) is 32.7. The first-order valence-electron chi connectivity index (χ1n) is 11.6. The molecule has 0 aliphatic carbocycles. The van der Waals surface area contributed by atoms with Crippen LogP contribution in [0.2, 0.25) is 0 Å². The molecule has 1 fully saturated rings. The number of benzene rings is 3. The second-order valence-corrected chi connectivity index (χ2v) is 10.0. The summed E-state index contributed by atoms with van der Waals surface area (Å²) in [6, 6.07) is 15.3. The highest BCUT2D eigenvalue weighted by atomic mass is 32.1. The molecule has 1 saturated heterocycles. The Morgan fingerprint density at radius 1 is 1.16 bits per heavy atom. The molecule has 0 spiro atoms. The summed E-state index contributed by atoms with van der Waals surface area (Å²) in [5.74, 6) is -1.12. The lowest BCUT2D eigenvalue weighted by Gasteiger charge is -2.23. The summed E-state index contributed by atoms with van der Waals surface area (Å²) in [6.07, 6.45) is 0.686. The van der Waals surface area contributed by atoms with Crippen molar-refractivity contribution in [2.24, 2.45) is 0 Å². The van der Waals surface area contributed by atoms with Gasteiger partial charge in [-0.3, -0.25) is 14.5 Å². The van der Waals surface area contributed by atoms with Gasteiger partial charge in [0.1, 0.15) is 29.2 Å². The number of ether oxygens (including phenoxy) is 2. The van der Waals surface area contributed by atoms with E-state index in [1.165, 1.54) is 30.2 Å². The predicted molar refractivity (Wildman–Crippen MR) is 138 cm³/mol. The Balaban J connectivity index is 1.54. The molecule has 0 saturated carbocycles. The zero-order chi connectivity index (χ0) is 25.8. The van der Waals surface area contributed by atoms with Crippen LogP contribution in [0.25, 0.3) is 16.0 Å². The molecule has 1 N–H and O–H groups in total. The number of anilines is 1. The zero-order valence-corrected chi connectivity index (χ0v) is 20.7. The van der Waals surface area contributed by atoms with E-state index in [0.717, 1.165) is 22.6 Å². The number of fused-ring (bicyclic) bond motifs is 2. The summed E-state index contributed by atoms with van der Waals surface area (Å²) in [7, 11) is 1.52. The molecule has 3 aromatic carbocycles. The number of ketones is 1. The number of carbonyl (C=O) groups is 2. The standard InChI is InChI=1S/C28H21FN2O5S/c1-14-10-17-11-16(6-9-21(17)36-14)25(32)23-24(15-4-3-5-19(12-15)35-2)31(27(34)26(23)33)28-30-20-8-7-18(29)13-22(20)37-28/h3-9,11-14,24,32H,10H2,1-2H3/t14-,24+/m1/s1. The van der Waals surface area contributed by atoms with Crippen LogP contribution in [0.1, 0.15) is 29.7 Å². The van der Waals surface area contributed by atoms with Crippen molar-refractivity contribution in [3.8, 4) is 11.5 Å². The van der Waals surface area contributed by atoms with Crippen LogP contribution in [-0.4, -0.2) is 35.0 Å². The summed E-state index contributed by atoms with van der Waals surface area (Å²) in [5, 5.41) is 11.7. The van der Waals surface area contributed by atoms with E-state index < -0.39 is 23.5 Å². The van der Waals surface area contributed by atoms with E-state index in [9.17, 15) is 19.1 Å². The van der Waals surface area contributed by atoms with Gasteiger partial charge in [-0.05, 0) is 66.6 Å². The highest BCUT2D eigenvalue weighted by Crippen LogP contribution is 2.45. The number of aliphatic hydroxyl groups is 1. The van der Waals surface area contributed by atoms with E-state index in [4.69, 9.17) is 9.47 Å². The molecule has 6 rings (SSSR count). The Morgan fingerprint density at radius 3 is 2.81 bits per heavy atom. The van der Waals surface area contributed by atoms with Crippen LogP contribution in [0.5, 0.6) is 11.5 Å². The fourth-order valence-corrected chi connectivity index (χ4v) is 5.89. The molecule has 0 unspecified atom stereocenters. The molecule has 4 aromatic rings. The average molecular weight is 517 g/mol. The summed E-state index contributed by atoms with van der Waals surface area (Å²) in [5.41, 5.74) is 2.32. The maximum absolute atomic E-state index is 13.8. The predicted octanol–water partition coefficient (Wildman–Crippen LogP) is 5.39. The molecule has 2 atom stereocenters. The van der Waals surface area contributed by atoms with Crippen LogP contribution in [-0.2, 0) is 16.0 Å². The first-order chi connectivity index (χ1) is 17.8. The van der Waals surface area contributed by atoms with Crippen LogP contribution in [0.3, 0.4) is 0 Å². The van der Waals surface area contributed by atoms with Crippen molar-refractivity contribution < 1.29 is 28.6 Å². The molecule has 1 aromatic heterocycles. The van der Waals surface area contributed by atoms with Gasteiger partial charge in [0.05, 0.1) is 28.9 Å². The van der Waals surface area contributed by atoms with Crippen LogP contribution in [0.4, 0.5) is 9.52 Å². The lowest BCUT2D eigenvalue weighted by atomic mass is 9.94. The van der Waals surface area contributed by atoms with Crippen LogP contribution in [0, 0.1) is 5.82 Å². The molecule has 3 heterocycles. The van der Waals surface area contributed by atoms with E-state index in [1.54, 1.807) is 42.5 Å². The molecule has 0 bridgehead atoms. The second kappa shape index (κ2) is 8.70. The lowest BCUT2D eigenvalue weighted by molar-refractivity contribution is -0.132. The van der Waals surface area contributed by atoms with Crippen LogP contribution < -0.4 is 14.4 Å². The second-order valence-electron chi connectivity index (χ2n) is 9.01. The van der Waals surface area contributed by atoms with Crippen LogP contribution >= 0.6 is 11.3 Å². The Bertz CT molecular complexity index is 1630. The number of methoxy groups -OCH3 is 1. The highest BCUT2D eigenvalue weighted by Gasteiger charge is 2.48. The van der Waals surface area contributed by atoms with Crippen molar-refractivity contribution in [1.29, 1.82) is 0 Å². The van der Waals surface area contributed by atoms with Gasteiger partial charge in [-0.1, -0.05) is 23.5 Å². The van der Waals surface area contributed by atoms with E-state index in [0.29, 0.717) is 33.5 Å². The molecule has 186 valence electrons. The summed E-state index contributed by atoms with van der Waals surface area (Å²) in [6.45, 7) is 1.96. The van der Waals surface area contributed by atoms with Gasteiger partial charge in [0.15, 0.2) is 5.13 Å². The number of rotatable bonds is 4. The molecule has 0 radical (unpaired) electrons. The van der Waals surface area contributed by atoms with Crippen LogP contribution in [0.15, 0.2) is 66.2 Å². The SMILES string of the molecule is COc1cccc([C@H]2C(=C(O)c3ccc4c(c3)C[C@@H](C)O4)C(=O)C(=O)N2c2nc3ccc(F)cc3s2)c1. The Morgan fingerprint density at radius 2 is 2.00 bits per heavy atom. The third-order valence-electron chi connectivity index (χ3n) is 6.57. The van der Waals surface area contributed by atoms with E-state index in [2.05, 4.69) is 4.98 Å². The van der Waals surface area contributed by atoms with Crippen molar-refractivity contribution in [3.63, 3.8) is 0 Å². The molecule has 2 aliphatic rings. The monoisotopic (exact) mass is 516 g/mol. The van der Waals surface area contributed by atoms with Gasteiger partial charge in [-0.15, -0.1) is 0 Å². The smallest absolute Gasteiger partial charge is 0.301 e. The van der Waals surface area contributed by atoms with Gasteiger partial charge in [-0.2, -0.15) is 0 Å². The number of nitrogens with zero attached hydrogens (tertiary/aromatic N) is 2. The van der Waals surface area contributed by atoms with Crippen molar-refractivity contribution in [2.45, 2.75) is 25.5 Å². The molecule has 1 amide bonds. The van der Waals surface area contributed by atoms with Crippen molar-refractivity contribution in [2.75, 3.05) is 12.0 Å². The van der Waals surface area contributed by atoms with Gasteiger partial charge in [-0.25, -0.2) is 9.37 Å². The fraction of sp³-hybridized carbons (Fsp3) is 0.179. The quantitative estimate of drug-likeness (QED) is 0.222. The third kappa shape index (κ3) is 3.82. The van der Waals surface area contributed by atoms with Crippen molar-refractivity contribution in [3.05, 3.63) is 88.7 Å². The maximum Gasteiger partial charge on any atom is 0.301 e. The topological polar surface area (TPSA) is 89.0 Å².